The highest BCUT2D eigenvalue weighted by Gasteiger charge is 2.60. The molecule has 1 fully saturated rings. The second-order valence-electron chi connectivity index (χ2n) is 6.01. The first-order chi connectivity index (χ1) is 7.16. The summed E-state index contributed by atoms with van der Waals surface area (Å²) < 4.78 is 5.54. The van der Waals surface area contributed by atoms with Crippen LogP contribution in [0.3, 0.4) is 0 Å². The maximum atomic E-state index is 10.9. The van der Waals surface area contributed by atoms with E-state index in [9.17, 15) is 4.79 Å². The van der Waals surface area contributed by atoms with Crippen LogP contribution in [0.4, 0.5) is 0 Å². The van der Waals surface area contributed by atoms with Crippen LogP contribution in [0, 0.1) is 17.3 Å². The summed E-state index contributed by atoms with van der Waals surface area (Å²) in [6.45, 7) is 10.5. The van der Waals surface area contributed by atoms with E-state index in [1.807, 2.05) is 46.8 Å². The van der Waals surface area contributed by atoms with Gasteiger partial charge in [0, 0.05) is 0 Å². The Morgan fingerprint density at radius 1 is 1.44 bits per heavy atom. The van der Waals surface area contributed by atoms with Gasteiger partial charge in [-0.2, -0.15) is 0 Å². The molecule has 3 nitrogen and oxygen atoms in total. The number of ether oxygens (including phenoxy) is 1. The third-order valence-corrected chi connectivity index (χ3v) is 3.13. The van der Waals surface area contributed by atoms with Crippen molar-refractivity contribution in [2.75, 3.05) is 6.61 Å². The Bertz CT molecular complexity index is 297. The maximum absolute atomic E-state index is 10.9. The number of rotatable bonds is 4. The number of carboxylic acids is 1. The van der Waals surface area contributed by atoms with Gasteiger partial charge in [0.25, 0.3) is 0 Å². The van der Waals surface area contributed by atoms with Gasteiger partial charge in [0.2, 0.25) is 0 Å². The molecule has 0 spiro atoms. The Morgan fingerprint density at radius 2 is 2.00 bits per heavy atom. The van der Waals surface area contributed by atoms with Crippen LogP contribution in [0.1, 0.15) is 34.6 Å². The van der Waals surface area contributed by atoms with E-state index < -0.39 is 5.97 Å². The molecular weight excluding hydrogens is 204 g/mol. The molecule has 0 aromatic carbocycles. The standard InChI is InChI=1S/C13H22O3/c1-12(2,3)16-8-6-7-9-10(11(14)15)13(9,4)5/h6-7,9-10H,8H2,1-5H3,(H,14,15). The van der Waals surface area contributed by atoms with Gasteiger partial charge >= 0.3 is 5.97 Å². The summed E-state index contributed by atoms with van der Waals surface area (Å²) in [6, 6.07) is 0. The van der Waals surface area contributed by atoms with E-state index in [2.05, 4.69) is 0 Å². The minimum absolute atomic E-state index is 0.107. The molecule has 1 rings (SSSR count). The van der Waals surface area contributed by atoms with Gasteiger partial charge in [-0.1, -0.05) is 26.0 Å². The van der Waals surface area contributed by atoms with Gasteiger partial charge in [-0.3, -0.25) is 4.79 Å². The molecule has 1 aliphatic rings. The van der Waals surface area contributed by atoms with Gasteiger partial charge in [-0.15, -0.1) is 0 Å². The Kier molecular flexibility index (Phi) is 3.48. The third kappa shape index (κ3) is 3.08. The second kappa shape index (κ2) is 4.21. The molecule has 1 aliphatic carbocycles. The molecule has 0 amide bonds. The summed E-state index contributed by atoms with van der Waals surface area (Å²) >= 11 is 0. The molecule has 2 unspecified atom stereocenters. The molecule has 0 aromatic rings. The third-order valence-electron chi connectivity index (χ3n) is 3.13. The van der Waals surface area contributed by atoms with Crippen molar-refractivity contribution in [2.45, 2.75) is 40.2 Å². The Hall–Kier alpha value is -0.830. The average Bonchev–Trinajstić information content (AvgIpc) is 2.60. The lowest BCUT2D eigenvalue weighted by Gasteiger charge is -2.17. The molecule has 2 atom stereocenters. The first-order valence-electron chi connectivity index (χ1n) is 5.69. The molecule has 0 radical (unpaired) electrons. The predicted molar refractivity (Wildman–Crippen MR) is 63.2 cm³/mol. The van der Waals surface area contributed by atoms with Crippen molar-refractivity contribution in [3.8, 4) is 0 Å². The summed E-state index contributed by atoms with van der Waals surface area (Å²) in [6.07, 6.45) is 3.91. The number of carboxylic acid groups (broad SMARTS) is 1. The quantitative estimate of drug-likeness (QED) is 0.750. The van der Waals surface area contributed by atoms with E-state index in [1.54, 1.807) is 0 Å². The first kappa shape index (κ1) is 13.2. The number of carbonyl (C=O) groups is 1. The van der Waals surface area contributed by atoms with Crippen molar-refractivity contribution in [1.82, 2.24) is 0 Å². The average molecular weight is 226 g/mol. The molecule has 1 N–H and O–H groups in total. The van der Waals surface area contributed by atoms with E-state index in [4.69, 9.17) is 9.84 Å². The largest absolute Gasteiger partial charge is 0.481 e. The smallest absolute Gasteiger partial charge is 0.307 e. The number of hydrogen-bond acceptors (Lipinski definition) is 2. The van der Waals surface area contributed by atoms with E-state index >= 15 is 0 Å². The van der Waals surface area contributed by atoms with Crippen LogP contribution in [0.2, 0.25) is 0 Å². The lowest BCUT2D eigenvalue weighted by atomic mass is 10.1. The van der Waals surface area contributed by atoms with E-state index in [0.717, 1.165) is 0 Å². The second-order valence-corrected chi connectivity index (χ2v) is 6.01. The lowest BCUT2D eigenvalue weighted by molar-refractivity contribution is -0.139. The van der Waals surface area contributed by atoms with Gasteiger partial charge in [0.15, 0.2) is 0 Å². The molecule has 0 bridgehead atoms. The van der Waals surface area contributed by atoms with Crippen LogP contribution < -0.4 is 0 Å². The zero-order valence-corrected chi connectivity index (χ0v) is 10.8. The van der Waals surface area contributed by atoms with Gasteiger partial charge < -0.3 is 9.84 Å². The molecule has 16 heavy (non-hydrogen) atoms. The Balaban J connectivity index is 2.40. The van der Waals surface area contributed by atoms with Crippen molar-refractivity contribution in [1.29, 1.82) is 0 Å². The molecule has 0 heterocycles. The normalized spacial score (nSPS) is 28.3. The van der Waals surface area contributed by atoms with E-state index in [1.165, 1.54) is 0 Å². The lowest BCUT2D eigenvalue weighted by Crippen LogP contribution is -2.18. The maximum Gasteiger partial charge on any atom is 0.307 e. The van der Waals surface area contributed by atoms with Gasteiger partial charge in [0.05, 0.1) is 18.1 Å². The Labute approximate surface area is 97.5 Å². The van der Waals surface area contributed by atoms with Crippen LogP contribution in [0.15, 0.2) is 12.2 Å². The number of hydrogen-bond donors (Lipinski definition) is 1. The molecule has 3 heteroatoms. The minimum atomic E-state index is -0.698. The molecule has 1 saturated carbocycles. The highest BCUT2D eigenvalue weighted by atomic mass is 16.5. The molecule has 92 valence electrons. The van der Waals surface area contributed by atoms with Crippen LogP contribution in [0.5, 0.6) is 0 Å². The van der Waals surface area contributed by atoms with Crippen molar-refractivity contribution >= 4 is 5.97 Å². The van der Waals surface area contributed by atoms with Crippen LogP contribution in [-0.4, -0.2) is 23.3 Å². The van der Waals surface area contributed by atoms with Crippen LogP contribution in [-0.2, 0) is 9.53 Å². The molecule has 0 aromatic heterocycles. The van der Waals surface area contributed by atoms with Crippen LogP contribution >= 0.6 is 0 Å². The molecular formula is C13H22O3. The Morgan fingerprint density at radius 3 is 2.38 bits per heavy atom. The van der Waals surface area contributed by atoms with E-state index in [-0.39, 0.29) is 22.9 Å². The highest BCUT2D eigenvalue weighted by Crippen LogP contribution is 2.58. The zero-order chi connectivity index (χ0) is 12.6. The first-order valence-corrected chi connectivity index (χ1v) is 5.69. The predicted octanol–water partition coefficient (Wildman–Crippen LogP) is 2.71. The number of aliphatic carboxylic acids is 1. The summed E-state index contributed by atoms with van der Waals surface area (Å²) in [4.78, 5) is 10.9. The summed E-state index contributed by atoms with van der Waals surface area (Å²) in [5, 5.41) is 8.98. The van der Waals surface area contributed by atoms with Crippen molar-refractivity contribution < 1.29 is 14.6 Å². The fourth-order valence-electron chi connectivity index (χ4n) is 2.01. The van der Waals surface area contributed by atoms with Gasteiger partial charge in [-0.25, -0.2) is 0 Å². The highest BCUT2D eigenvalue weighted by molar-refractivity contribution is 5.76. The number of allylic oxidation sites excluding steroid dienone is 1. The van der Waals surface area contributed by atoms with Crippen LogP contribution in [0.25, 0.3) is 0 Å². The van der Waals surface area contributed by atoms with Gasteiger partial charge in [0.1, 0.15) is 0 Å². The fraction of sp³-hybridized carbons (Fsp3) is 0.769. The van der Waals surface area contributed by atoms with Crippen molar-refractivity contribution in [3.63, 3.8) is 0 Å². The summed E-state index contributed by atoms with van der Waals surface area (Å²) in [5.41, 5.74) is -0.250. The fourth-order valence-corrected chi connectivity index (χ4v) is 2.01. The minimum Gasteiger partial charge on any atom is -0.481 e. The summed E-state index contributed by atoms with van der Waals surface area (Å²) in [7, 11) is 0. The topological polar surface area (TPSA) is 46.5 Å². The van der Waals surface area contributed by atoms with E-state index in [0.29, 0.717) is 6.61 Å². The van der Waals surface area contributed by atoms with Crippen molar-refractivity contribution in [2.24, 2.45) is 17.3 Å². The summed E-state index contributed by atoms with van der Waals surface area (Å²) in [5.74, 6) is -0.789. The molecule has 0 aliphatic heterocycles. The monoisotopic (exact) mass is 226 g/mol. The van der Waals surface area contributed by atoms with Gasteiger partial charge in [-0.05, 0) is 32.1 Å². The SMILES string of the molecule is CC(C)(C)OCC=CC1C(C(=O)O)C1(C)C. The zero-order valence-electron chi connectivity index (χ0n) is 10.8. The molecule has 0 saturated heterocycles. The van der Waals surface area contributed by atoms with Crippen molar-refractivity contribution in [3.05, 3.63) is 12.2 Å².